The number of thiol groups is 1. The fourth-order valence-electron chi connectivity index (χ4n) is 0.343. The summed E-state index contributed by atoms with van der Waals surface area (Å²) in [6.07, 6.45) is 0.546. The molecule has 0 spiro atoms. The van der Waals surface area contributed by atoms with Crippen molar-refractivity contribution in [1.29, 1.82) is 0 Å². The van der Waals surface area contributed by atoms with Crippen LogP contribution in [-0.4, -0.2) is 22.1 Å². The SMILES string of the molecule is O=[PH](OCCCS)OP(=O)(O)O. The summed E-state index contributed by atoms with van der Waals surface area (Å²) in [5.41, 5.74) is 0. The van der Waals surface area contributed by atoms with Crippen molar-refractivity contribution >= 4 is 28.7 Å². The smallest absolute Gasteiger partial charge is 0.310 e. The Bertz CT molecular complexity index is 189. The van der Waals surface area contributed by atoms with Gasteiger partial charge in [-0.05, 0) is 12.2 Å². The maximum Gasteiger partial charge on any atom is 0.476 e. The molecule has 0 aromatic carbocycles. The lowest BCUT2D eigenvalue weighted by Crippen LogP contribution is -1.88. The van der Waals surface area contributed by atoms with Crippen LogP contribution in [0, 0.1) is 0 Å². The molecule has 0 aliphatic heterocycles. The Morgan fingerprint density at radius 3 is 2.50 bits per heavy atom. The van der Waals surface area contributed by atoms with Crippen LogP contribution in [0.25, 0.3) is 0 Å². The van der Waals surface area contributed by atoms with Crippen molar-refractivity contribution in [3.63, 3.8) is 0 Å². The minimum Gasteiger partial charge on any atom is -0.310 e. The van der Waals surface area contributed by atoms with Crippen LogP contribution in [0.5, 0.6) is 0 Å². The van der Waals surface area contributed by atoms with E-state index in [1.165, 1.54) is 0 Å². The van der Waals surface area contributed by atoms with Gasteiger partial charge in [-0.25, -0.2) is 8.88 Å². The first-order valence-corrected chi connectivity index (χ1v) is 6.37. The monoisotopic (exact) mass is 236 g/mol. The fourth-order valence-corrected chi connectivity index (χ4v) is 1.77. The van der Waals surface area contributed by atoms with Gasteiger partial charge in [0.05, 0.1) is 6.61 Å². The maximum absolute atomic E-state index is 10.6. The van der Waals surface area contributed by atoms with E-state index in [-0.39, 0.29) is 6.61 Å². The molecule has 1 atom stereocenters. The Hall–Kier alpha value is 0.650. The van der Waals surface area contributed by atoms with Gasteiger partial charge in [0.2, 0.25) is 0 Å². The second-order valence-corrected chi connectivity index (χ2v) is 4.70. The van der Waals surface area contributed by atoms with E-state index in [1.807, 2.05) is 0 Å². The highest BCUT2D eigenvalue weighted by molar-refractivity contribution is 7.80. The molecule has 0 aromatic heterocycles. The van der Waals surface area contributed by atoms with Gasteiger partial charge in [0.25, 0.3) is 0 Å². The molecule has 0 radical (unpaired) electrons. The van der Waals surface area contributed by atoms with Gasteiger partial charge in [-0.1, -0.05) is 0 Å². The summed E-state index contributed by atoms with van der Waals surface area (Å²) in [6, 6.07) is 0. The van der Waals surface area contributed by atoms with E-state index in [2.05, 4.69) is 21.5 Å². The molecular weight excluding hydrogens is 226 g/mol. The Morgan fingerprint density at radius 1 is 1.50 bits per heavy atom. The molecule has 0 rings (SSSR count). The lowest BCUT2D eigenvalue weighted by Gasteiger charge is -2.04. The number of rotatable bonds is 6. The molecule has 2 N–H and O–H groups in total. The zero-order valence-electron chi connectivity index (χ0n) is 6.04. The quantitative estimate of drug-likeness (QED) is 0.359. The van der Waals surface area contributed by atoms with Gasteiger partial charge in [0.1, 0.15) is 0 Å². The molecule has 0 fully saturated rings. The Kier molecular flexibility index (Phi) is 6.49. The van der Waals surface area contributed by atoms with E-state index in [1.54, 1.807) is 0 Å². The Morgan fingerprint density at radius 2 is 2.08 bits per heavy atom. The molecule has 12 heavy (non-hydrogen) atoms. The third-order valence-corrected chi connectivity index (χ3v) is 3.02. The minimum atomic E-state index is -4.68. The molecule has 1 unspecified atom stereocenters. The molecule has 6 nitrogen and oxygen atoms in total. The molecular formula is C3H10O6P2S. The molecule has 0 heterocycles. The average Bonchev–Trinajstić information content (AvgIpc) is 1.84. The van der Waals surface area contributed by atoms with Crippen LogP contribution in [0.4, 0.5) is 0 Å². The molecule has 9 heteroatoms. The van der Waals surface area contributed by atoms with E-state index >= 15 is 0 Å². The fraction of sp³-hybridized carbons (Fsp3) is 1.00. The summed E-state index contributed by atoms with van der Waals surface area (Å²) in [6.45, 7) is 0.112. The van der Waals surface area contributed by atoms with Gasteiger partial charge < -0.3 is 14.3 Å². The zero-order chi connectivity index (χ0) is 9.61. The molecule has 0 amide bonds. The second kappa shape index (κ2) is 6.16. The van der Waals surface area contributed by atoms with Crippen molar-refractivity contribution < 1.29 is 27.8 Å². The van der Waals surface area contributed by atoms with Gasteiger partial charge in [-0.15, -0.1) is 0 Å². The normalized spacial score (nSPS) is 14.6. The van der Waals surface area contributed by atoms with Crippen LogP contribution in [0.3, 0.4) is 0 Å². The van der Waals surface area contributed by atoms with Crippen molar-refractivity contribution in [3.8, 4) is 0 Å². The van der Waals surface area contributed by atoms with Crippen LogP contribution in [0.2, 0.25) is 0 Å². The predicted molar refractivity (Wildman–Crippen MR) is 46.6 cm³/mol. The standard InChI is InChI=1S/C3H10O6P2S/c4-10(8-2-1-3-12)9-11(5,6)7/h10,12H,1-3H2,(H2,5,6,7). The van der Waals surface area contributed by atoms with Crippen molar-refractivity contribution in [2.75, 3.05) is 12.4 Å². The highest BCUT2D eigenvalue weighted by atomic mass is 32.1. The first-order valence-electron chi connectivity index (χ1n) is 2.98. The summed E-state index contributed by atoms with van der Waals surface area (Å²) in [7, 11) is -7.75. The van der Waals surface area contributed by atoms with E-state index in [4.69, 9.17) is 9.79 Å². The summed E-state index contributed by atoms with van der Waals surface area (Å²) in [5, 5.41) is 0. The van der Waals surface area contributed by atoms with Crippen LogP contribution >= 0.6 is 28.7 Å². The largest absolute Gasteiger partial charge is 0.476 e. The van der Waals surface area contributed by atoms with Gasteiger partial charge in [-0.2, -0.15) is 12.6 Å². The Balaban J connectivity index is 3.54. The first kappa shape index (κ1) is 12.7. The van der Waals surface area contributed by atoms with Crippen molar-refractivity contribution in [2.24, 2.45) is 0 Å². The number of phosphoric acid groups is 1. The summed E-state index contributed by atoms with van der Waals surface area (Å²) in [4.78, 5) is 16.3. The predicted octanol–water partition coefficient (Wildman–Crippen LogP) is 0.822. The molecule has 0 bridgehead atoms. The number of hydrogen-bond donors (Lipinski definition) is 3. The zero-order valence-corrected chi connectivity index (χ0v) is 8.83. The highest BCUT2D eigenvalue weighted by Crippen LogP contribution is 2.47. The van der Waals surface area contributed by atoms with Crippen LogP contribution in [0.1, 0.15) is 6.42 Å². The molecule has 0 aliphatic carbocycles. The molecule has 74 valence electrons. The van der Waals surface area contributed by atoms with E-state index in [9.17, 15) is 9.13 Å². The summed E-state index contributed by atoms with van der Waals surface area (Å²) in [5.74, 6) is 0.547. The van der Waals surface area contributed by atoms with Gasteiger partial charge in [0, 0.05) is 0 Å². The van der Waals surface area contributed by atoms with Crippen LogP contribution < -0.4 is 0 Å². The Labute approximate surface area is 75.9 Å². The second-order valence-electron chi connectivity index (χ2n) is 1.76. The van der Waals surface area contributed by atoms with Crippen molar-refractivity contribution in [1.82, 2.24) is 0 Å². The van der Waals surface area contributed by atoms with E-state index < -0.39 is 16.1 Å². The topological polar surface area (TPSA) is 93.1 Å². The van der Waals surface area contributed by atoms with Crippen molar-refractivity contribution in [3.05, 3.63) is 0 Å². The third-order valence-electron chi connectivity index (χ3n) is 0.716. The first-order chi connectivity index (χ1) is 5.45. The third kappa shape index (κ3) is 8.74. The maximum atomic E-state index is 10.6. The van der Waals surface area contributed by atoms with Crippen LogP contribution in [-0.2, 0) is 18.0 Å². The van der Waals surface area contributed by atoms with Crippen LogP contribution in [0.15, 0.2) is 0 Å². The van der Waals surface area contributed by atoms with E-state index in [0.29, 0.717) is 12.2 Å². The molecule has 0 aromatic rings. The number of hydrogen-bond acceptors (Lipinski definition) is 5. The lowest BCUT2D eigenvalue weighted by atomic mass is 10.5. The van der Waals surface area contributed by atoms with Gasteiger partial charge in [0.15, 0.2) is 0 Å². The highest BCUT2D eigenvalue weighted by Gasteiger charge is 2.18. The summed E-state index contributed by atoms with van der Waals surface area (Å²) >= 11 is 3.84. The minimum absolute atomic E-state index is 0.112. The van der Waals surface area contributed by atoms with E-state index in [0.717, 1.165) is 0 Å². The summed E-state index contributed by atoms with van der Waals surface area (Å²) < 4.78 is 28.8. The molecule has 0 aliphatic rings. The molecule has 0 saturated carbocycles. The lowest BCUT2D eigenvalue weighted by molar-refractivity contribution is 0.241. The van der Waals surface area contributed by atoms with Crippen molar-refractivity contribution in [2.45, 2.75) is 6.42 Å². The van der Waals surface area contributed by atoms with Gasteiger partial charge >= 0.3 is 16.1 Å². The molecule has 0 saturated heterocycles. The van der Waals surface area contributed by atoms with Gasteiger partial charge in [-0.3, -0.25) is 4.57 Å². The average molecular weight is 236 g/mol.